The van der Waals surface area contributed by atoms with Gasteiger partial charge in [-0.15, -0.1) is 0 Å². The topological polar surface area (TPSA) is 72.8 Å². The van der Waals surface area contributed by atoms with Crippen molar-refractivity contribution in [1.29, 1.82) is 0 Å². The average molecular weight is 312 g/mol. The lowest BCUT2D eigenvalue weighted by molar-refractivity contribution is -0.132. The molecule has 2 bridgehead atoms. The molecule has 116 valence electrons. The number of aliphatic hydroxyl groups excluding tert-OH is 1. The van der Waals surface area contributed by atoms with Gasteiger partial charge in [-0.3, -0.25) is 4.18 Å². The summed E-state index contributed by atoms with van der Waals surface area (Å²) in [6.07, 6.45) is 2.16. The monoisotopic (exact) mass is 312 g/mol. The van der Waals surface area contributed by atoms with Gasteiger partial charge >= 0.3 is 0 Å². The van der Waals surface area contributed by atoms with Gasteiger partial charge in [-0.2, -0.15) is 8.42 Å². The van der Waals surface area contributed by atoms with Gasteiger partial charge in [-0.25, -0.2) is 0 Å². The molecule has 0 aromatic heterocycles. The Morgan fingerprint density at radius 2 is 2.10 bits per heavy atom. The Balaban J connectivity index is 1.75. The van der Waals surface area contributed by atoms with E-state index in [9.17, 15) is 13.5 Å². The van der Waals surface area contributed by atoms with Crippen LogP contribution < -0.4 is 0 Å². The summed E-state index contributed by atoms with van der Waals surface area (Å²) in [5, 5.41) is 9.50. The number of hydrogen-bond donors (Lipinski definition) is 1. The van der Waals surface area contributed by atoms with Gasteiger partial charge in [0.05, 0.1) is 29.3 Å². The fourth-order valence-corrected chi connectivity index (χ4v) is 4.28. The molecule has 2 fully saturated rings. The van der Waals surface area contributed by atoms with Crippen molar-refractivity contribution in [2.75, 3.05) is 6.61 Å². The van der Waals surface area contributed by atoms with Crippen LogP contribution in [0.5, 0.6) is 0 Å². The van der Waals surface area contributed by atoms with Crippen molar-refractivity contribution in [3.63, 3.8) is 0 Å². The molecule has 5 nitrogen and oxygen atoms in total. The van der Waals surface area contributed by atoms with Crippen molar-refractivity contribution in [2.45, 2.75) is 55.3 Å². The Hall–Kier alpha value is -0.950. The summed E-state index contributed by atoms with van der Waals surface area (Å²) in [7, 11) is -3.77. The molecule has 3 atom stereocenters. The van der Waals surface area contributed by atoms with Gasteiger partial charge in [0.2, 0.25) is 0 Å². The highest BCUT2D eigenvalue weighted by Gasteiger charge is 2.48. The second kappa shape index (κ2) is 5.35. The third-order valence-electron chi connectivity index (χ3n) is 4.32. The number of aryl methyl sites for hydroxylation is 1. The number of fused-ring (bicyclic) bond motifs is 2. The maximum absolute atomic E-state index is 12.3. The van der Waals surface area contributed by atoms with Crippen molar-refractivity contribution in [3.05, 3.63) is 29.8 Å². The summed E-state index contributed by atoms with van der Waals surface area (Å²) < 4.78 is 35.8. The van der Waals surface area contributed by atoms with E-state index in [0.717, 1.165) is 18.4 Å². The molecule has 0 unspecified atom stereocenters. The fraction of sp³-hybridized carbons (Fsp3) is 0.600. The van der Waals surface area contributed by atoms with Crippen molar-refractivity contribution in [3.8, 4) is 0 Å². The Labute approximate surface area is 125 Å². The third kappa shape index (κ3) is 2.99. The zero-order valence-electron chi connectivity index (χ0n) is 12.0. The maximum Gasteiger partial charge on any atom is 0.297 e. The first-order valence-electron chi connectivity index (χ1n) is 7.21. The molecule has 0 aliphatic carbocycles. The lowest BCUT2D eigenvalue weighted by atomic mass is 9.94. The van der Waals surface area contributed by atoms with Crippen LogP contribution in [0.15, 0.2) is 29.2 Å². The fourth-order valence-electron chi connectivity index (χ4n) is 3.20. The highest BCUT2D eigenvalue weighted by molar-refractivity contribution is 7.86. The predicted molar refractivity (Wildman–Crippen MR) is 76.4 cm³/mol. The predicted octanol–water partition coefficient (Wildman–Crippen LogP) is 1.77. The lowest BCUT2D eigenvalue weighted by Crippen LogP contribution is -2.43. The summed E-state index contributed by atoms with van der Waals surface area (Å²) >= 11 is 0. The largest absolute Gasteiger partial charge is 0.393 e. The molecule has 6 heteroatoms. The number of ether oxygens (including phenoxy) is 1. The van der Waals surface area contributed by atoms with E-state index in [-0.39, 0.29) is 17.6 Å². The number of benzene rings is 1. The molecule has 0 radical (unpaired) electrons. The second-order valence-corrected chi connectivity index (χ2v) is 7.62. The molecule has 3 rings (SSSR count). The third-order valence-corrected chi connectivity index (χ3v) is 5.70. The molecule has 1 aromatic rings. The van der Waals surface area contributed by atoms with Crippen LogP contribution in [-0.4, -0.2) is 37.9 Å². The van der Waals surface area contributed by atoms with Crippen LogP contribution in [0.2, 0.25) is 0 Å². The minimum atomic E-state index is -3.77. The summed E-state index contributed by atoms with van der Waals surface area (Å²) in [6.45, 7) is 1.81. The highest BCUT2D eigenvalue weighted by atomic mass is 32.2. The summed E-state index contributed by atoms with van der Waals surface area (Å²) in [5.41, 5.74) is 0.383. The van der Waals surface area contributed by atoms with Crippen LogP contribution >= 0.6 is 0 Å². The normalized spacial score (nSPS) is 32.3. The van der Waals surface area contributed by atoms with E-state index >= 15 is 0 Å². The van der Waals surface area contributed by atoms with E-state index in [1.54, 1.807) is 24.3 Å². The number of aliphatic hydroxyl groups is 1. The van der Waals surface area contributed by atoms with Crippen LogP contribution in [-0.2, 0) is 19.0 Å². The molecule has 1 N–H and O–H groups in total. The standard InChI is InChI=1S/C15H20O5S/c1-11-2-4-14(5-3-11)21(17,18)20-13-8-12-6-7-15(9-13,10-16)19-12/h2-5,12-13,16H,6-10H2,1H3/t12-,13+,15+/m1/s1. The Bertz CT molecular complexity index is 609. The van der Waals surface area contributed by atoms with Gasteiger partial charge in [-0.1, -0.05) is 17.7 Å². The minimum Gasteiger partial charge on any atom is -0.393 e. The first kappa shape index (κ1) is 15.0. The van der Waals surface area contributed by atoms with Gasteiger partial charge in [0.25, 0.3) is 10.1 Å². The van der Waals surface area contributed by atoms with Gasteiger partial charge in [0, 0.05) is 12.8 Å². The van der Waals surface area contributed by atoms with Crippen molar-refractivity contribution in [2.24, 2.45) is 0 Å². The van der Waals surface area contributed by atoms with E-state index in [1.807, 2.05) is 6.92 Å². The van der Waals surface area contributed by atoms with E-state index < -0.39 is 21.8 Å². The summed E-state index contributed by atoms with van der Waals surface area (Å²) in [4.78, 5) is 0.171. The SMILES string of the molecule is Cc1ccc(S(=O)(=O)O[C@H]2C[C@H]3CC[C@@](CO)(C2)O3)cc1. The molecule has 2 aliphatic heterocycles. The van der Waals surface area contributed by atoms with Gasteiger partial charge in [0.1, 0.15) is 0 Å². The summed E-state index contributed by atoms with van der Waals surface area (Å²) in [6, 6.07) is 6.61. The first-order valence-corrected chi connectivity index (χ1v) is 8.62. The molecule has 1 aromatic carbocycles. The molecule has 21 heavy (non-hydrogen) atoms. The molecule has 2 aliphatic rings. The summed E-state index contributed by atoms with van der Waals surface area (Å²) in [5.74, 6) is 0. The second-order valence-electron chi connectivity index (χ2n) is 6.04. The molecule has 0 saturated carbocycles. The van der Waals surface area contributed by atoms with E-state index in [2.05, 4.69) is 0 Å². The Morgan fingerprint density at radius 3 is 2.76 bits per heavy atom. The van der Waals surface area contributed by atoms with Crippen molar-refractivity contribution < 1.29 is 22.4 Å². The van der Waals surface area contributed by atoms with Crippen LogP contribution in [0.4, 0.5) is 0 Å². The highest BCUT2D eigenvalue weighted by Crippen LogP contribution is 2.42. The van der Waals surface area contributed by atoms with Crippen LogP contribution in [0.25, 0.3) is 0 Å². The van der Waals surface area contributed by atoms with Crippen LogP contribution in [0, 0.1) is 6.92 Å². The molecule has 2 saturated heterocycles. The Morgan fingerprint density at radius 1 is 1.38 bits per heavy atom. The molecular weight excluding hydrogens is 292 g/mol. The van der Waals surface area contributed by atoms with Gasteiger partial charge in [0.15, 0.2) is 0 Å². The van der Waals surface area contributed by atoms with Gasteiger partial charge in [-0.05, 0) is 31.9 Å². The van der Waals surface area contributed by atoms with Crippen LogP contribution in [0.3, 0.4) is 0 Å². The smallest absolute Gasteiger partial charge is 0.297 e. The number of hydrogen-bond acceptors (Lipinski definition) is 5. The lowest BCUT2D eigenvalue weighted by Gasteiger charge is -2.36. The van der Waals surface area contributed by atoms with Crippen molar-refractivity contribution in [1.82, 2.24) is 0 Å². The quantitative estimate of drug-likeness (QED) is 0.858. The molecule has 0 spiro atoms. The molecule has 0 amide bonds. The minimum absolute atomic E-state index is 0.0101. The zero-order chi connectivity index (χ0) is 15.1. The van der Waals surface area contributed by atoms with Gasteiger partial charge < -0.3 is 9.84 Å². The number of rotatable bonds is 4. The molecular formula is C15H20O5S. The first-order chi connectivity index (χ1) is 9.92. The van der Waals surface area contributed by atoms with Crippen molar-refractivity contribution >= 4 is 10.1 Å². The van der Waals surface area contributed by atoms with E-state index in [4.69, 9.17) is 8.92 Å². The maximum atomic E-state index is 12.3. The van der Waals surface area contributed by atoms with E-state index in [0.29, 0.717) is 12.8 Å². The zero-order valence-corrected chi connectivity index (χ0v) is 12.8. The molecule has 2 heterocycles. The Kier molecular flexibility index (Phi) is 3.81. The van der Waals surface area contributed by atoms with E-state index in [1.165, 1.54) is 0 Å². The van der Waals surface area contributed by atoms with Crippen LogP contribution in [0.1, 0.15) is 31.2 Å². The average Bonchev–Trinajstić information content (AvgIpc) is 2.75.